The minimum Gasteiger partial charge on any atom is -0.469 e. The molecule has 0 spiro atoms. The van der Waals surface area contributed by atoms with E-state index in [1.165, 1.54) is 7.11 Å². The quantitative estimate of drug-likeness (QED) is 0.112. The van der Waals surface area contributed by atoms with Crippen LogP contribution in [0.4, 0.5) is 0 Å². The Morgan fingerprint density at radius 2 is 1.85 bits per heavy atom. The molecule has 3 aliphatic rings. The van der Waals surface area contributed by atoms with Crippen LogP contribution in [0.2, 0.25) is 0 Å². The number of carbonyl (C=O) groups excluding carboxylic acids is 1. The van der Waals surface area contributed by atoms with Crippen LogP contribution in [0.15, 0.2) is 24.3 Å². The number of hydrogen-bond donors (Lipinski definition) is 1. The summed E-state index contributed by atoms with van der Waals surface area (Å²) in [5.41, 5.74) is 0. The lowest BCUT2D eigenvalue weighted by atomic mass is 9.88. The molecule has 7 nitrogen and oxygen atoms in total. The largest absolute Gasteiger partial charge is 0.469 e. The zero-order valence-corrected chi connectivity index (χ0v) is 24.9. The summed E-state index contributed by atoms with van der Waals surface area (Å²) >= 11 is 0. The van der Waals surface area contributed by atoms with Gasteiger partial charge in [-0.2, -0.15) is 0 Å². The van der Waals surface area contributed by atoms with Crippen LogP contribution in [0.3, 0.4) is 0 Å². The van der Waals surface area contributed by atoms with Crippen molar-refractivity contribution < 1.29 is 33.6 Å². The number of methoxy groups -OCH3 is 1. The minimum absolute atomic E-state index is 0.0366. The van der Waals surface area contributed by atoms with Gasteiger partial charge in [0.15, 0.2) is 12.6 Å². The second-order valence-electron chi connectivity index (χ2n) is 11.4. The van der Waals surface area contributed by atoms with Gasteiger partial charge in [-0.3, -0.25) is 4.79 Å². The Morgan fingerprint density at radius 1 is 1.10 bits per heavy atom. The lowest BCUT2D eigenvalue weighted by molar-refractivity contribution is -0.193. The maximum Gasteiger partial charge on any atom is 0.305 e. The maximum atomic E-state index is 11.4. The number of carbonyl (C=O) groups is 1. The molecule has 0 aromatic rings. The topological polar surface area (TPSA) is 83.5 Å². The van der Waals surface area contributed by atoms with Gasteiger partial charge in [0, 0.05) is 38.4 Å². The van der Waals surface area contributed by atoms with Gasteiger partial charge in [-0.05, 0) is 83.0 Å². The Labute approximate surface area is 242 Å². The molecular weight excluding hydrogens is 508 g/mol. The fourth-order valence-corrected chi connectivity index (χ4v) is 5.87. The van der Waals surface area contributed by atoms with Crippen molar-refractivity contribution in [1.82, 2.24) is 0 Å². The number of aliphatic hydroxyl groups is 1. The maximum absolute atomic E-state index is 11.4. The van der Waals surface area contributed by atoms with Crippen molar-refractivity contribution in [1.29, 1.82) is 0 Å². The summed E-state index contributed by atoms with van der Waals surface area (Å²) in [5, 5.41) is 11.1. The van der Waals surface area contributed by atoms with E-state index in [0.717, 1.165) is 83.8 Å². The standard InChI is InChI=1S/C33H52O7/c1-4-5-8-15-25(2)29(39-32-18-11-13-22-37-32)21-20-27-26(16-9-6-7-10-17-31(35)36-3)28(34)24-30(27)40-33-19-12-14-23-38-33/h6,9,20-21,25-30,32-34H,7-8,10-19,22-24H2,1-3H3/t25?,26-,27-,28-,29-,30-,32?,33?/m1/s1. The van der Waals surface area contributed by atoms with Gasteiger partial charge in [0.2, 0.25) is 0 Å². The second kappa shape index (κ2) is 18.7. The Bertz CT molecular complexity index is 831. The first kappa shape index (κ1) is 32.8. The Kier molecular flexibility index (Phi) is 15.3. The van der Waals surface area contributed by atoms with Crippen molar-refractivity contribution in [3.8, 4) is 11.8 Å². The molecule has 1 saturated carbocycles. The molecule has 3 rings (SSSR count). The van der Waals surface area contributed by atoms with Crippen LogP contribution in [-0.4, -0.2) is 62.3 Å². The molecule has 2 saturated heterocycles. The average Bonchev–Trinajstić information content (AvgIpc) is 3.26. The zero-order chi connectivity index (χ0) is 28.6. The van der Waals surface area contributed by atoms with E-state index in [2.05, 4.69) is 43.1 Å². The van der Waals surface area contributed by atoms with Gasteiger partial charge in [-0.25, -0.2) is 0 Å². The molecule has 0 aromatic heterocycles. The number of aliphatic hydroxyl groups excluding tert-OH is 1. The van der Waals surface area contributed by atoms with E-state index in [9.17, 15) is 9.90 Å². The molecule has 3 unspecified atom stereocenters. The summed E-state index contributed by atoms with van der Waals surface area (Å²) in [6.45, 7) is 5.57. The molecule has 3 fully saturated rings. The third-order valence-electron chi connectivity index (χ3n) is 8.34. The predicted octanol–water partition coefficient (Wildman–Crippen LogP) is 6.09. The van der Waals surface area contributed by atoms with Crippen molar-refractivity contribution in [2.45, 2.75) is 128 Å². The van der Waals surface area contributed by atoms with Gasteiger partial charge < -0.3 is 28.8 Å². The first-order chi connectivity index (χ1) is 19.5. The lowest BCUT2D eigenvalue weighted by Gasteiger charge is -2.31. The number of rotatable bonds is 15. The summed E-state index contributed by atoms with van der Waals surface area (Å²) in [4.78, 5) is 11.4. The van der Waals surface area contributed by atoms with Crippen LogP contribution in [0, 0.1) is 29.6 Å². The summed E-state index contributed by atoms with van der Waals surface area (Å²) < 4.78 is 29.5. The molecule has 2 aliphatic heterocycles. The molecular formula is C33H52O7. The van der Waals surface area contributed by atoms with E-state index in [-0.39, 0.29) is 48.5 Å². The van der Waals surface area contributed by atoms with Gasteiger partial charge in [-0.1, -0.05) is 31.2 Å². The van der Waals surface area contributed by atoms with E-state index in [1.807, 2.05) is 6.92 Å². The first-order valence-electron chi connectivity index (χ1n) is 15.5. The molecule has 40 heavy (non-hydrogen) atoms. The van der Waals surface area contributed by atoms with E-state index in [0.29, 0.717) is 12.8 Å². The Morgan fingerprint density at radius 3 is 2.52 bits per heavy atom. The first-order valence-corrected chi connectivity index (χ1v) is 15.5. The summed E-state index contributed by atoms with van der Waals surface area (Å²) in [7, 11) is 1.42. The summed E-state index contributed by atoms with van der Waals surface area (Å²) in [5.74, 6) is 6.36. The molecule has 8 atom stereocenters. The Hall–Kier alpha value is -1.69. The predicted molar refractivity (Wildman–Crippen MR) is 155 cm³/mol. The van der Waals surface area contributed by atoms with Crippen molar-refractivity contribution in [3.63, 3.8) is 0 Å². The molecule has 7 heteroatoms. The minimum atomic E-state index is -0.457. The summed E-state index contributed by atoms with van der Waals surface area (Å²) in [6, 6.07) is 0. The van der Waals surface area contributed by atoms with Crippen LogP contribution in [0.5, 0.6) is 0 Å². The van der Waals surface area contributed by atoms with Gasteiger partial charge in [-0.15, -0.1) is 11.8 Å². The number of allylic oxidation sites excluding steroid dienone is 2. The average molecular weight is 561 g/mol. The highest BCUT2D eigenvalue weighted by molar-refractivity contribution is 5.69. The second-order valence-corrected chi connectivity index (χ2v) is 11.4. The fraction of sp³-hybridized carbons (Fsp3) is 0.788. The van der Waals surface area contributed by atoms with Crippen molar-refractivity contribution in [3.05, 3.63) is 24.3 Å². The van der Waals surface area contributed by atoms with Gasteiger partial charge >= 0.3 is 5.97 Å². The highest BCUT2D eigenvalue weighted by atomic mass is 16.7. The van der Waals surface area contributed by atoms with Crippen molar-refractivity contribution in [2.24, 2.45) is 17.8 Å². The number of ether oxygens (including phenoxy) is 5. The molecule has 2 heterocycles. The van der Waals surface area contributed by atoms with Crippen LogP contribution in [0.25, 0.3) is 0 Å². The van der Waals surface area contributed by atoms with Crippen LogP contribution < -0.4 is 0 Å². The van der Waals surface area contributed by atoms with Gasteiger partial charge in [0.05, 0.1) is 25.4 Å². The monoisotopic (exact) mass is 560 g/mol. The molecule has 1 N–H and O–H groups in total. The lowest BCUT2D eigenvalue weighted by Crippen LogP contribution is -2.32. The van der Waals surface area contributed by atoms with Crippen molar-refractivity contribution >= 4 is 5.97 Å². The van der Waals surface area contributed by atoms with Crippen LogP contribution in [-0.2, 0) is 28.5 Å². The third-order valence-corrected chi connectivity index (χ3v) is 8.34. The number of hydrogen-bond acceptors (Lipinski definition) is 7. The van der Waals surface area contributed by atoms with E-state index in [1.54, 1.807) is 0 Å². The number of esters is 1. The third kappa shape index (κ3) is 11.3. The number of unbranched alkanes of at least 4 members (excludes halogenated alkanes) is 1. The van der Waals surface area contributed by atoms with Crippen molar-refractivity contribution in [2.75, 3.05) is 20.3 Å². The van der Waals surface area contributed by atoms with Gasteiger partial charge in [0.25, 0.3) is 0 Å². The molecule has 226 valence electrons. The molecule has 0 radical (unpaired) electrons. The summed E-state index contributed by atoms with van der Waals surface area (Å²) in [6.07, 6.45) is 18.9. The molecule has 0 amide bonds. The molecule has 0 bridgehead atoms. The zero-order valence-electron chi connectivity index (χ0n) is 24.9. The molecule has 0 aromatic carbocycles. The van der Waals surface area contributed by atoms with E-state index < -0.39 is 6.10 Å². The smallest absolute Gasteiger partial charge is 0.305 e. The van der Waals surface area contributed by atoms with E-state index in [4.69, 9.17) is 23.7 Å². The highest BCUT2D eigenvalue weighted by Gasteiger charge is 2.42. The van der Waals surface area contributed by atoms with Crippen LogP contribution in [0.1, 0.15) is 97.3 Å². The normalized spacial score (nSPS) is 30.7. The van der Waals surface area contributed by atoms with Crippen LogP contribution >= 0.6 is 0 Å². The Balaban J connectivity index is 1.71. The van der Waals surface area contributed by atoms with E-state index >= 15 is 0 Å². The SMILES string of the molecule is CC#CCCC(C)[C@@H](C=C[C@@H]1[C@@H](CC=CCCCC(=O)OC)[C@H](O)C[C@H]1OC1CCCCO1)OC1CCCCO1. The van der Waals surface area contributed by atoms with Gasteiger partial charge in [0.1, 0.15) is 0 Å². The fourth-order valence-electron chi connectivity index (χ4n) is 5.87. The highest BCUT2D eigenvalue weighted by Crippen LogP contribution is 2.40. The molecule has 1 aliphatic carbocycles.